The van der Waals surface area contributed by atoms with Crippen LogP contribution in [-0.2, 0) is 14.3 Å². The van der Waals surface area contributed by atoms with Gasteiger partial charge < -0.3 is 20.1 Å². The number of amides is 2. The molecule has 4 aliphatic rings. The first kappa shape index (κ1) is 20.3. The van der Waals surface area contributed by atoms with Crippen molar-refractivity contribution in [2.24, 2.45) is 5.92 Å². The van der Waals surface area contributed by atoms with Crippen molar-refractivity contribution in [1.29, 1.82) is 0 Å². The maximum Gasteiger partial charge on any atom is 0.258 e. The third-order valence-corrected chi connectivity index (χ3v) is 6.21. The van der Waals surface area contributed by atoms with E-state index in [1.807, 2.05) is 0 Å². The average molecular weight is 429 g/mol. The Morgan fingerprint density at radius 2 is 1.59 bits per heavy atom. The average Bonchev–Trinajstić information content (AvgIpc) is 2.56. The molecule has 2 bridgehead atoms. The number of halogens is 3. The third-order valence-electron chi connectivity index (χ3n) is 5.96. The van der Waals surface area contributed by atoms with Gasteiger partial charge in [-0.1, -0.05) is 11.6 Å². The van der Waals surface area contributed by atoms with Crippen molar-refractivity contribution in [3.8, 4) is 5.75 Å². The number of alkyl halides is 2. The van der Waals surface area contributed by atoms with Gasteiger partial charge in [0, 0.05) is 22.0 Å². The standard InChI is InChI=1S/C20H23ClF2N2O4/c21-13-1-3-14(4-2-13)28-7-16(26)24-19-9-20(10-19,11-19)25-17(27)8-29-15-5-12(6-15)18(22)23/h1-4,12,15,18H,5-11H2,(H,24,26)(H,25,27). The lowest BCUT2D eigenvalue weighted by molar-refractivity contribution is -0.156. The van der Waals surface area contributed by atoms with Gasteiger partial charge in [-0.2, -0.15) is 0 Å². The monoisotopic (exact) mass is 428 g/mol. The van der Waals surface area contributed by atoms with Crippen molar-refractivity contribution < 1.29 is 27.8 Å². The molecule has 5 rings (SSSR count). The van der Waals surface area contributed by atoms with E-state index in [0.29, 0.717) is 42.9 Å². The fourth-order valence-electron chi connectivity index (χ4n) is 4.54. The highest BCUT2D eigenvalue weighted by Crippen LogP contribution is 2.60. The highest BCUT2D eigenvalue weighted by molar-refractivity contribution is 6.30. The van der Waals surface area contributed by atoms with E-state index in [1.165, 1.54) is 0 Å². The molecule has 0 heterocycles. The van der Waals surface area contributed by atoms with Crippen LogP contribution >= 0.6 is 11.6 Å². The fourth-order valence-corrected chi connectivity index (χ4v) is 4.66. The topological polar surface area (TPSA) is 76.7 Å². The molecule has 1 aromatic rings. The Balaban J connectivity index is 1.11. The molecular formula is C20H23ClF2N2O4. The Hall–Kier alpha value is -1.93. The molecular weight excluding hydrogens is 406 g/mol. The van der Waals surface area contributed by atoms with E-state index in [0.717, 1.165) is 0 Å². The number of hydrogen-bond acceptors (Lipinski definition) is 4. The van der Waals surface area contributed by atoms with E-state index in [1.54, 1.807) is 24.3 Å². The van der Waals surface area contributed by atoms with Crippen molar-refractivity contribution in [2.45, 2.75) is 55.7 Å². The summed E-state index contributed by atoms with van der Waals surface area (Å²) in [5.41, 5.74) is -0.553. The van der Waals surface area contributed by atoms with Crippen molar-refractivity contribution in [1.82, 2.24) is 10.6 Å². The molecule has 0 unspecified atom stereocenters. The molecule has 4 fully saturated rings. The van der Waals surface area contributed by atoms with Crippen LogP contribution in [0.5, 0.6) is 5.75 Å². The predicted molar refractivity (Wildman–Crippen MR) is 101 cm³/mol. The summed E-state index contributed by atoms with van der Waals surface area (Å²) in [6, 6.07) is 6.77. The molecule has 0 aliphatic heterocycles. The summed E-state index contributed by atoms with van der Waals surface area (Å²) in [4.78, 5) is 24.2. The van der Waals surface area contributed by atoms with Gasteiger partial charge in [0.1, 0.15) is 12.4 Å². The number of carbonyl (C=O) groups is 2. The van der Waals surface area contributed by atoms with Crippen LogP contribution in [0.4, 0.5) is 8.78 Å². The molecule has 6 nitrogen and oxygen atoms in total. The molecule has 4 saturated carbocycles. The summed E-state index contributed by atoms with van der Waals surface area (Å²) >= 11 is 5.80. The van der Waals surface area contributed by atoms with Gasteiger partial charge >= 0.3 is 0 Å². The van der Waals surface area contributed by atoms with Gasteiger partial charge in [-0.05, 0) is 56.4 Å². The number of rotatable bonds is 9. The van der Waals surface area contributed by atoms with Gasteiger partial charge in [0.25, 0.3) is 5.91 Å². The first-order valence-electron chi connectivity index (χ1n) is 9.67. The first-order valence-corrected chi connectivity index (χ1v) is 10.0. The quantitative estimate of drug-likeness (QED) is 0.634. The van der Waals surface area contributed by atoms with Crippen LogP contribution in [-0.4, -0.2) is 48.6 Å². The molecule has 2 N–H and O–H groups in total. The molecule has 0 spiro atoms. The minimum atomic E-state index is -2.31. The highest BCUT2D eigenvalue weighted by atomic mass is 35.5. The summed E-state index contributed by atoms with van der Waals surface area (Å²) in [7, 11) is 0. The number of nitrogens with one attached hydrogen (secondary N) is 2. The lowest BCUT2D eigenvalue weighted by atomic mass is 9.44. The van der Waals surface area contributed by atoms with Crippen molar-refractivity contribution in [2.75, 3.05) is 13.2 Å². The van der Waals surface area contributed by atoms with Gasteiger partial charge in [0.05, 0.1) is 6.10 Å². The smallest absolute Gasteiger partial charge is 0.258 e. The second-order valence-electron chi connectivity index (χ2n) is 8.43. The molecule has 0 atom stereocenters. The summed E-state index contributed by atoms with van der Waals surface area (Å²) in [5, 5.41) is 6.52. The summed E-state index contributed by atoms with van der Waals surface area (Å²) in [5.74, 6) is -0.484. The van der Waals surface area contributed by atoms with Crippen LogP contribution in [0.2, 0.25) is 5.02 Å². The van der Waals surface area contributed by atoms with Crippen molar-refractivity contribution in [3.05, 3.63) is 29.3 Å². The largest absolute Gasteiger partial charge is 0.484 e. The second kappa shape index (κ2) is 7.72. The number of benzene rings is 1. The zero-order chi connectivity index (χ0) is 20.6. The zero-order valence-electron chi connectivity index (χ0n) is 15.8. The fraction of sp³-hybridized carbons (Fsp3) is 0.600. The van der Waals surface area contributed by atoms with E-state index in [4.69, 9.17) is 21.1 Å². The lowest BCUT2D eigenvalue weighted by Gasteiger charge is -2.70. The maximum atomic E-state index is 12.4. The normalized spacial score (nSPS) is 31.9. The molecule has 2 amide bonds. The molecule has 9 heteroatoms. The molecule has 158 valence electrons. The molecule has 0 saturated heterocycles. The van der Waals surface area contributed by atoms with Crippen LogP contribution < -0.4 is 15.4 Å². The molecule has 0 aromatic heterocycles. The number of ether oxygens (including phenoxy) is 2. The third kappa shape index (κ3) is 4.48. The van der Waals surface area contributed by atoms with Gasteiger partial charge in [-0.3, -0.25) is 9.59 Å². The Labute approximate surface area is 172 Å². The van der Waals surface area contributed by atoms with Gasteiger partial charge in [0.2, 0.25) is 12.3 Å². The van der Waals surface area contributed by atoms with Gasteiger partial charge in [0.15, 0.2) is 6.61 Å². The van der Waals surface area contributed by atoms with Crippen LogP contribution in [0.1, 0.15) is 32.1 Å². The van der Waals surface area contributed by atoms with Crippen molar-refractivity contribution in [3.63, 3.8) is 0 Å². The summed E-state index contributed by atoms with van der Waals surface area (Å²) < 4.78 is 35.7. The number of hydrogen-bond donors (Lipinski definition) is 2. The maximum absolute atomic E-state index is 12.4. The SMILES string of the molecule is O=C(COc1ccc(Cl)cc1)NC12CC(NC(=O)COC3CC(C(F)F)C3)(C1)C2. The van der Waals surface area contributed by atoms with E-state index in [-0.39, 0.29) is 42.2 Å². The second-order valence-corrected chi connectivity index (χ2v) is 8.87. The highest BCUT2D eigenvalue weighted by Gasteiger charge is 2.69. The Kier molecular flexibility index (Phi) is 5.42. The molecule has 4 aliphatic carbocycles. The van der Waals surface area contributed by atoms with Crippen LogP contribution in [0.25, 0.3) is 0 Å². The molecule has 0 radical (unpaired) electrons. The Bertz CT molecular complexity index is 763. The van der Waals surface area contributed by atoms with E-state index >= 15 is 0 Å². The predicted octanol–water partition coefficient (Wildman–Crippen LogP) is 2.69. The minimum Gasteiger partial charge on any atom is -0.484 e. The zero-order valence-corrected chi connectivity index (χ0v) is 16.5. The van der Waals surface area contributed by atoms with E-state index in [9.17, 15) is 18.4 Å². The van der Waals surface area contributed by atoms with Crippen LogP contribution in [0, 0.1) is 5.92 Å². The summed E-state index contributed by atoms with van der Waals surface area (Å²) in [6.45, 7) is -0.200. The number of carbonyl (C=O) groups excluding carboxylic acids is 2. The minimum absolute atomic E-state index is 0.0857. The Morgan fingerprint density at radius 1 is 1.03 bits per heavy atom. The Morgan fingerprint density at radius 3 is 2.14 bits per heavy atom. The van der Waals surface area contributed by atoms with E-state index in [2.05, 4.69) is 10.6 Å². The van der Waals surface area contributed by atoms with Gasteiger partial charge in [-0.15, -0.1) is 0 Å². The lowest BCUT2D eigenvalue weighted by Crippen LogP contribution is -2.84. The van der Waals surface area contributed by atoms with Crippen LogP contribution in [0.15, 0.2) is 24.3 Å². The van der Waals surface area contributed by atoms with Crippen LogP contribution in [0.3, 0.4) is 0 Å². The van der Waals surface area contributed by atoms with Gasteiger partial charge in [-0.25, -0.2) is 8.78 Å². The van der Waals surface area contributed by atoms with E-state index < -0.39 is 12.3 Å². The summed E-state index contributed by atoms with van der Waals surface area (Å²) in [6.07, 6.45) is 0.0820. The molecule has 29 heavy (non-hydrogen) atoms. The van der Waals surface area contributed by atoms with Crippen molar-refractivity contribution >= 4 is 23.4 Å². The molecule has 1 aromatic carbocycles. The first-order chi connectivity index (χ1) is 13.8.